The lowest BCUT2D eigenvalue weighted by atomic mass is 9.97. The van der Waals surface area contributed by atoms with Gasteiger partial charge in [-0.05, 0) is 42.5 Å². The Hall–Kier alpha value is -3.30. The van der Waals surface area contributed by atoms with E-state index in [-0.39, 0.29) is 30.2 Å². The van der Waals surface area contributed by atoms with Gasteiger partial charge >= 0.3 is 0 Å². The third kappa shape index (κ3) is 6.64. The number of thiazole rings is 1. The predicted octanol–water partition coefficient (Wildman–Crippen LogP) is 4.37. The molecule has 0 fully saturated rings. The Morgan fingerprint density at radius 2 is 1.71 bits per heavy atom. The molecule has 0 radical (unpaired) electrons. The molecule has 3 aromatic rings. The topological polar surface area (TPSA) is 120 Å². The Morgan fingerprint density at radius 3 is 2.51 bits per heavy atom. The lowest BCUT2D eigenvalue weighted by Crippen LogP contribution is -2.38. The van der Waals surface area contributed by atoms with E-state index >= 15 is 0 Å². The van der Waals surface area contributed by atoms with Gasteiger partial charge < -0.3 is 10.6 Å². The van der Waals surface area contributed by atoms with Crippen LogP contribution in [-0.2, 0) is 22.4 Å². The van der Waals surface area contributed by atoms with Gasteiger partial charge in [-0.2, -0.15) is 0 Å². The average Bonchev–Trinajstić information content (AvgIpc) is 3.26. The summed E-state index contributed by atoms with van der Waals surface area (Å²) in [6.45, 7) is 0. The molecule has 0 saturated heterocycles. The molecule has 1 heterocycles. The van der Waals surface area contributed by atoms with Crippen molar-refractivity contribution in [1.82, 2.24) is 15.8 Å². The van der Waals surface area contributed by atoms with Crippen molar-refractivity contribution in [3.63, 3.8) is 0 Å². The van der Waals surface area contributed by atoms with E-state index in [0.29, 0.717) is 30.0 Å². The zero-order valence-electron chi connectivity index (χ0n) is 19.5. The van der Waals surface area contributed by atoms with Crippen LogP contribution in [-0.4, -0.2) is 34.0 Å². The van der Waals surface area contributed by atoms with Crippen molar-refractivity contribution in [2.24, 2.45) is 0 Å². The lowest BCUT2D eigenvalue weighted by Gasteiger charge is -2.22. The second-order valence-corrected chi connectivity index (χ2v) is 9.91. The van der Waals surface area contributed by atoms with Crippen LogP contribution in [0.2, 0.25) is 0 Å². The van der Waals surface area contributed by atoms with Crippen LogP contribution in [0.5, 0.6) is 0 Å². The first-order chi connectivity index (χ1) is 17.0. The highest BCUT2D eigenvalue weighted by molar-refractivity contribution is 7.15. The van der Waals surface area contributed by atoms with Crippen LogP contribution in [0.1, 0.15) is 65.9 Å². The molecule has 1 aliphatic rings. The van der Waals surface area contributed by atoms with E-state index < -0.39 is 0 Å². The van der Waals surface area contributed by atoms with E-state index in [9.17, 15) is 14.4 Å². The number of amides is 3. The van der Waals surface area contributed by atoms with Gasteiger partial charge in [-0.15, -0.1) is 11.3 Å². The van der Waals surface area contributed by atoms with Gasteiger partial charge in [0.1, 0.15) is 0 Å². The van der Waals surface area contributed by atoms with Gasteiger partial charge in [0, 0.05) is 35.7 Å². The van der Waals surface area contributed by atoms with E-state index in [1.807, 2.05) is 42.5 Å². The summed E-state index contributed by atoms with van der Waals surface area (Å²) in [5.74, 6) is -0.513. The lowest BCUT2D eigenvalue weighted by molar-refractivity contribution is -0.129. The maximum absolute atomic E-state index is 13.0. The molecule has 0 bridgehead atoms. The maximum atomic E-state index is 13.0. The average molecular weight is 495 g/mol. The zero-order valence-corrected chi connectivity index (χ0v) is 20.3. The molecule has 3 amide bonds. The number of fused-ring (bicyclic) bond motifs is 2. The number of nitrogens with zero attached hydrogens (tertiary/aromatic N) is 1. The number of anilines is 1. The van der Waals surface area contributed by atoms with Crippen LogP contribution < -0.4 is 16.1 Å². The number of aryl methyl sites for hydroxylation is 1. The van der Waals surface area contributed by atoms with Crippen LogP contribution >= 0.6 is 11.3 Å². The van der Waals surface area contributed by atoms with Crippen LogP contribution in [0.25, 0.3) is 10.8 Å². The van der Waals surface area contributed by atoms with E-state index in [4.69, 9.17) is 5.21 Å². The molecule has 1 aliphatic carbocycles. The van der Waals surface area contributed by atoms with Crippen molar-refractivity contribution < 1.29 is 19.6 Å². The number of aromatic nitrogens is 1. The predicted molar refractivity (Wildman–Crippen MR) is 136 cm³/mol. The van der Waals surface area contributed by atoms with E-state index in [1.165, 1.54) is 11.3 Å². The first-order valence-corrected chi connectivity index (χ1v) is 12.8. The third-order valence-corrected chi connectivity index (χ3v) is 7.27. The minimum absolute atomic E-state index is 0.0332. The molecule has 4 rings (SSSR count). The number of hydroxylamine groups is 1. The summed E-state index contributed by atoms with van der Waals surface area (Å²) in [6.07, 6.45) is 6.08. The molecule has 1 aromatic heterocycles. The number of rotatable bonds is 10. The van der Waals surface area contributed by atoms with Gasteiger partial charge in [0.05, 0.1) is 5.69 Å². The first-order valence-electron chi connectivity index (χ1n) is 12.0. The molecule has 8 nitrogen and oxygen atoms in total. The second kappa shape index (κ2) is 11.9. The quantitative estimate of drug-likeness (QED) is 0.190. The summed E-state index contributed by atoms with van der Waals surface area (Å²) in [4.78, 5) is 42.0. The van der Waals surface area contributed by atoms with E-state index in [0.717, 1.165) is 53.4 Å². The van der Waals surface area contributed by atoms with Crippen molar-refractivity contribution in [3.05, 3.63) is 58.6 Å². The summed E-state index contributed by atoms with van der Waals surface area (Å²) in [5.41, 5.74) is 3.30. The highest BCUT2D eigenvalue weighted by Gasteiger charge is 2.25. The van der Waals surface area contributed by atoms with Gasteiger partial charge in [-0.1, -0.05) is 49.2 Å². The third-order valence-electron chi connectivity index (χ3n) is 6.24. The molecule has 1 atom stereocenters. The largest absolute Gasteiger partial charge is 0.349 e. The van der Waals surface area contributed by atoms with Crippen molar-refractivity contribution in [2.75, 3.05) is 5.32 Å². The van der Waals surface area contributed by atoms with Crippen LogP contribution in [0.4, 0.5) is 5.13 Å². The number of hydrogen-bond donors (Lipinski definition) is 4. The Kier molecular flexibility index (Phi) is 8.44. The highest BCUT2D eigenvalue weighted by atomic mass is 32.1. The normalized spacial score (nSPS) is 14.8. The van der Waals surface area contributed by atoms with Gasteiger partial charge in [0.15, 0.2) is 5.13 Å². The van der Waals surface area contributed by atoms with Crippen molar-refractivity contribution in [3.8, 4) is 0 Å². The molecule has 0 aliphatic heterocycles. The van der Waals surface area contributed by atoms with Gasteiger partial charge in [0.2, 0.25) is 11.8 Å². The number of carbonyl (C=O) groups is 3. The Morgan fingerprint density at radius 1 is 0.971 bits per heavy atom. The van der Waals surface area contributed by atoms with Crippen LogP contribution in [0.3, 0.4) is 0 Å². The first kappa shape index (κ1) is 24.8. The highest BCUT2D eigenvalue weighted by Crippen LogP contribution is 2.30. The number of benzene rings is 2. The van der Waals surface area contributed by atoms with Gasteiger partial charge in [-0.25, -0.2) is 10.5 Å². The van der Waals surface area contributed by atoms with Crippen molar-refractivity contribution >= 4 is 45.0 Å². The molecule has 0 saturated carbocycles. The smallest absolute Gasteiger partial charge is 0.252 e. The van der Waals surface area contributed by atoms with Crippen molar-refractivity contribution in [2.45, 2.75) is 63.8 Å². The Bertz CT molecular complexity index is 1200. The Balaban J connectivity index is 1.25. The monoisotopic (exact) mass is 494 g/mol. The molecular weight excluding hydrogens is 464 g/mol. The van der Waals surface area contributed by atoms with Crippen LogP contribution in [0.15, 0.2) is 42.5 Å². The fourth-order valence-corrected chi connectivity index (χ4v) is 5.50. The molecule has 0 unspecified atom stereocenters. The number of hydrogen-bond acceptors (Lipinski definition) is 6. The molecule has 35 heavy (non-hydrogen) atoms. The van der Waals surface area contributed by atoms with Crippen LogP contribution in [0, 0.1) is 0 Å². The summed E-state index contributed by atoms with van der Waals surface area (Å²) in [5, 5.41) is 17.2. The molecule has 9 heteroatoms. The molecular formula is C26H30N4O4S. The molecule has 2 aromatic carbocycles. The SMILES string of the molecule is O=C(CCCCCCC(=O)Nc1nc2c(s1)C[C@@H](NC(=O)c1cccc3ccccc13)CC2)NO. The zero-order chi connectivity index (χ0) is 24.6. The fraction of sp³-hybridized carbons (Fsp3) is 0.385. The minimum atomic E-state index is -0.383. The summed E-state index contributed by atoms with van der Waals surface area (Å²) in [7, 11) is 0. The summed E-state index contributed by atoms with van der Waals surface area (Å²) < 4.78 is 0. The minimum Gasteiger partial charge on any atom is -0.349 e. The van der Waals surface area contributed by atoms with E-state index in [1.54, 1.807) is 5.48 Å². The number of unbranched alkanes of at least 4 members (excludes halogenated alkanes) is 3. The van der Waals surface area contributed by atoms with Crippen molar-refractivity contribution in [1.29, 1.82) is 0 Å². The van der Waals surface area contributed by atoms with Gasteiger partial charge in [-0.3, -0.25) is 19.6 Å². The summed E-state index contributed by atoms with van der Waals surface area (Å²) in [6, 6.07) is 13.7. The van der Waals surface area contributed by atoms with Gasteiger partial charge in [0.25, 0.3) is 5.91 Å². The number of carbonyl (C=O) groups excluding carboxylic acids is 3. The fourth-order valence-electron chi connectivity index (χ4n) is 4.40. The van der Waals surface area contributed by atoms with E-state index in [2.05, 4.69) is 15.6 Å². The number of nitrogens with one attached hydrogen (secondary N) is 3. The standard InChI is InChI=1S/C26H30N4O4S/c31-23(12-3-1-2-4-13-24(32)30-34)29-26-28-21-15-14-18(16-22(21)35-26)27-25(33)20-11-7-9-17-8-5-6-10-19(17)20/h5-11,18,34H,1-4,12-16H2,(H,27,33)(H,30,32)(H,28,29,31)/t18-/m0/s1. The second-order valence-electron chi connectivity index (χ2n) is 8.83. The molecule has 184 valence electrons. The summed E-state index contributed by atoms with van der Waals surface area (Å²) >= 11 is 1.48. The Labute approximate surface area is 208 Å². The maximum Gasteiger partial charge on any atom is 0.252 e. The molecule has 0 spiro atoms. The molecule has 4 N–H and O–H groups in total.